The highest BCUT2D eigenvalue weighted by Crippen LogP contribution is 2.27. The van der Waals surface area contributed by atoms with E-state index in [1.807, 2.05) is 42.5 Å². The Hall–Kier alpha value is -3.14. The van der Waals surface area contributed by atoms with Gasteiger partial charge >= 0.3 is 11.9 Å². The number of hydrogen-bond acceptors (Lipinski definition) is 4. The molecule has 0 atom stereocenters. The van der Waals surface area contributed by atoms with Crippen molar-refractivity contribution in [1.29, 1.82) is 0 Å². The number of ether oxygens (including phenoxy) is 2. The number of rotatable bonds is 3. The summed E-state index contributed by atoms with van der Waals surface area (Å²) in [5.41, 5.74) is 2.13. The molecule has 3 rings (SSSR count). The minimum atomic E-state index is -0.631. The Morgan fingerprint density at radius 2 is 1.30 bits per heavy atom. The molecule has 0 amide bonds. The summed E-state index contributed by atoms with van der Waals surface area (Å²) in [6.45, 7) is 0. The molecule has 0 unspecified atom stereocenters. The van der Waals surface area contributed by atoms with E-state index in [9.17, 15) is 9.59 Å². The molecule has 0 aliphatic carbocycles. The van der Waals surface area contributed by atoms with Gasteiger partial charge in [-0.3, -0.25) is 0 Å². The van der Waals surface area contributed by atoms with Gasteiger partial charge in [0.1, 0.15) is 5.75 Å². The highest BCUT2D eigenvalue weighted by Gasteiger charge is 2.33. The molecule has 114 valence electrons. The van der Waals surface area contributed by atoms with Gasteiger partial charge in [-0.1, -0.05) is 42.5 Å². The Bertz CT molecular complexity index is 799. The van der Waals surface area contributed by atoms with Gasteiger partial charge in [-0.25, -0.2) is 9.59 Å². The van der Waals surface area contributed by atoms with E-state index >= 15 is 0 Å². The second-order valence-electron chi connectivity index (χ2n) is 4.98. The molecule has 0 aromatic heterocycles. The molecule has 1 saturated heterocycles. The Morgan fingerprint density at radius 1 is 0.783 bits per heavy atom. The SMILES string of the molecule is COc1ccc(/C=C2/C(=O)OC(=O)/C2=C/c2ccccc2)cc1. The Labute approximate surface area is 133 Å². The Kier molecular flexibility index (Phi) is 4.06. The third-order valence-electron chi connectivity index (χ3n) is 3.45. The minimum absolute atomic E-state index is 0.254. The van der Waals surface area contributed by atoms with Crippen molar-refractivity contribution in [3.05, 3.63) is 76.9 Å². The predicted molar refractivity (Wildman–Crippen MR) is 86.5 cm³/mol. The summed E-state index contributed by atoms with van der Waals surface area (Å²) in [5, 5.41) is 0. The van der Waals surface area contributed by atoms with Crippen LogP contribution in [-0.2, 0) is 14.3 Å². The maximum atomic E-state index is 11.9. The van der Waals surface area contributed by atoms with Crippen molar-refractivity contribution >= 4 is 24.1 Å². The normalized spacial score (nSPS) is 17.6. The largest absolute Gasteiger partial charge is 0.497 e. The van der Waals surface area contributed by atoms with Crippen LogP contribution in [0.15, 0.2) is 65.7 Å². The van der Waals surface area contributed by atoms with E-state index in [2.05, 4.69) is 0 Å². The summed E-state index contributed by atoms with van der Waals surface area (Å²) in [4.78, 5) is 23.9. The molecule has 0 spiro atoms. The first-order valence-corrected chi connectivity index (χ1v) is 7.07. The summed E-state index contributed by atoms with van der Waals surface area (Å²) in [5.74, 6) is -0.538. The fourth-order valence-corrected chi connectivity index (χ4v) is 2.27. The zero-order chi connectivity index (χ0) is 16.2. The van der Waals surface area contributed by atoms with Crippen LogP contribution >= 0.6 is 0 Å². The quantitative estimate of drug-likeness (QED) is 0.496. The van der Waals surface area contributed by atoms with E-state index < -0.39 is 11.9 Å². The van der Waals surface area contributed by atoms with Gasteiger partial charge < -0.3 is 9.47 Å². The first kappa shape index (κ1) is 14.8. The molecular weight excluding hydrogens is 292 g/mol. The van der Waals surface area contributed by atoms with Gasteiger partial charge in [0, 0.05) is 0 Å². The zero-order valence-corrected chi connectivity index (χ0v) is 12.5. The van der Waals surface area contributed by atoms with Gasteiger partial charge in [0.2, 0.25) is 0 Å². The predicted octanol–water partition coefficient (Wildman–Crippen LogP) is 3.25. The Balaban J connectivity index is 2.00. The molecule has 0 radical (unpaired) electrons. The lowest BCUT2D eigenvalue weighted by Gasteiger charge is -2.00. The molecule has 1 aliphatic heterocycles. The van der Waals surface area contributed by atoms with E-state index in [-0.39, 0.29) is 11.1 Å². The number of carbonyl (C=O) groups excluding carboxylic acids is 2. The van der Waals surface area contributed by atoms with Crippen LogP contribution in [0.3, 0.4) is 0 Å². The lowest BCUT2D eigenvalue weighted by molar-refractivity contribution is -0.149. The molecular formula is C19H14O4. The van der Waals surface area contributed by atoms with Crippen molar-refractivity contribution in [2.24, 2.45) is 0 Å². The van der Waals surface area contributed by atoms with Crippen LogP contribution in [0.1, 0.15) is 11.1 Å². The van der Waals surface area contributed by atoms with Crippen LogP contribution in [0.5, 0.6) is 5.75 Å². The number of cyclic esters (lactones) is 2. The van der Waals surface area contributed by atoms with Gasteiger partial charge in [0.25, 0.3) is 0 Å². The molecule has 4 heteroatoms. The fraction of sp³-hybridized carbons (Fsp3) is 0.0526. The van der Waals surface area contributed by atoms with E-state index in [4.69, 9.17) is 9.47 Å². The van der Waals surface area contributed by atoms with E-state index in [1.54, 1.807) is 31.4 Å². The molecule has 1 fully saturated rings. The van der Waals surface area contributed by atoms with Gasteiger partial charge in [-0.05, 0) is 35.4 Å². The molecule has 1 heterocycles. The minimum Gasteiger partial charge on any atom is -0.497 e. The second kappa shape index (κ2) is 6.32. The van der Waals surface area contributed by atoms with Crippen molar-refractivity contribution < 1.29 is 19.1 Å². The van der Waals surface area contributed by atoms with E-state index in [0.717, 1.165) is 16.9 Å². The Morgan fingerprint density at radius 3 is 1.83 bits per heavy atom. The monoisotopic (exact) mass is 306 g/mol. The van der Waals surface area contributed by atoms with Crippen molar-refractivity contribution in [2.45, 2.75) is 0 Å². The summed E-state index contributed by atoms with van der Waals surface area (Å²) < 4.78 is 9.84. The maximum absolute atomic E-state index is 11.9. The second-order valence-corrected chi connectivity index (χ2v) is 4.98. The molecule has 0 N–H and O–H groups in total. The molecule has 0 bridgehead atoms. The zero-order valence-electron chi connectivity index (χ0n) is 12.5. The average molecular weight is 306 g/mol. The van der Waals surface area contributed by atoms with Crippen molar-refractivity contribution in [3.63, 3.8) is 0 Å². The van der Waals surface area contributed by atoms with Gasteiger partial charge in [0.15, 0.2) is 0 Å². The van der Waals surface area contributed by atoms with E-state index in [0.29, 0.717) is 0 Å². The summed E-state index contributed by atoms with van der Waals surface area (Å²) in [7, 11) is 1.58. The van der Waals surface area contributed by atoms with Gasteiger partial charge in [-0.2, -0.15) is 0 Å². The molecule has 4 nitrogen and oxygen atoms in total. The third kappa shape index (κ3) is 3.21. The third-order valence-corrected chi connectivity index (χ3v) is 3.45. The molecule has 0 saturated carbocycles. The number of hydrogen-bond donors (Lipinski definition) is 0. The van der Waals surface area contributed by atoms with Gasteiger partial charge in [0.05, 0.1) is 18.3 Å². The summed E-state index contributed by atoms with van der Waals surface area (Å²) in [6.07, 6.45) is 3.30. The summed E-state index contributed by atoms with van der Waals surface area (Å²) in [6, 6.07) is 16.5. The summed E-state index contributed by atoms with van der Waals surface area (Å²) >= 11 is 0. The van der Waals surface area contributed by atoms with E-state index in [1.165, 1.54) is 0 Å². The molecule has 2 aromatic carbocycles. The van der Waals surface area contributed by atoms with Crippen LogP contribution in [0.2, 0.25) is 0 Å². The average Bonchev–Trinajstić information content (AvgIpc) is 2.83. The van der Waals surface area contributed by atoms with Crippen molar-refractivity contribution in [2.75, 3.05) is 7.11 Å². The lowest BCUT2D eigenvalue weighted by atomic mass is 10.0. The van der Waals surface area contributed by atoms with Crippen LogP contribution in [0, 0.1) is 0 Å². The van der Waals surface area contributed by atoms with Crippen LogP contribution in [0.4, 0.5) is 0 Å². The highest BCUT2D eigenvalue weighted by atomic mass is 16.6. The van der Waals surface area contributed by atoms with Crippen LogP contribution in [0.25, 0.3) is 12.2 Å². The molecule has 23 heavy (non-hydrogen) atoms. The number of esters is 2. The number of carbonyl (C=O) groups is 2. The smallest absolute Gasteiger partial charge is 0.346 e. The van der Waals surface area contributed by atoms with Crippen molar-refractivity contribution in [3.8, 4) is 5.75 Å². The topological polar surface area (TPSA) is 52.6 Å². The van der Waals surface area contributed by atoms with Crippen LogP contribution in [-0.4, -0.2) is 19.0 Å². The standard InChI is InChI=1S/C19H14O4/c1-22-15-9-7-14(8-10-15)12-17-16(18(20)23-19(17)21)11-13-5-3-2-4-6-13/h2-12H,1H3/b16-11+,17-12+. The van der Waals surface area contributed by atoms with Crippen molar-refractivity contribution in [1.82, 2.24) is 0 Å². The fourth-order valence-electron chi connectivity index (χ4n) is 2.27. The number of benzene rings is 2. The first-order chi connectivity index (χ1) is 11.2. The first-order valence-electron chi connectivity index (χ1n) is 7.07. The van der Waals surface area contributed by atoms with Gasteiger partial charge in [-0.15, -0.1) is 0 Å². The molecule has 1 aliphatic rings. The highest BCUT2D eigenvalue weighted by molar-refractivity contribution is 6.22. The van der Waals surface area contributed by atoms with Crippen LogP contribution < -0.4 is 4.74 Å². The molecule has 2 aromatic rings. The maximum Gasteiger partial charge on any atom is 0.346 e. The number of methoxy groups -OCH3 is 1. The lowest BCUT2D eigenvalue weighted by Crippen LogP contribution is -1.97.